The normalized spacial score (nSPS) is 11.6. The zero-order valence-corrected chi connectivity index (χ0v) is 17.5. The molecule has 1 N–H and O–H groups in total. The fourth-order valence-electron chi connectivity index (χ4n) is 3.01. The summed E-state index contributed by atoms with van der Waals surface area (Å²) in [6.07, 6.45) is 0. The topological polar surface area (TPSA) is 47.6 Å². The van der Waals surface area contributed by atoms with Crippen LogP contribution in [0.2, 0.25) is 5.02 Å². The number of hydrogen-bond donors (Lipinski definition) is 1. The van der Waals surface area contributed by atoms with E-state index in [0.717, 1.165) is 16.7 Å². The molecule has 0 heterocycles. The van der Waals surface area contributed by atoms with Crippen LogP contribution in [0, 0.1) is 6.92 Å². The van der Waals surface area contributed by atoms with Gasteiger partial charge in [0.15, 0.2) is 0 Å². The van der Waals surface area contributed by atoms with Crippen LogP contribution in [0.3, 0.4) is 0 Å². The summed E-state index contributed by atoms with van der Waals surface area (Å²) in [6.45, 7) is 4.16. The van der Waals surface area contributed by atoms with Crippen molar-refractivity contribution in [2.75, 3.05) is 7.11 Å². The summed E-state index contributed by atoms with van der Waals surface area (Å²) in [5.74, 6) is 1.23. The number of nitrogens with one attached hydrogen (secondary N) is 1. The van der Waals surface area contributed by atoms with Crippen LogP contribution in [0.15, 0.2) is 66.7 Å². The van der Waals surface area contributed by atoms with E-state index >= 15 is 0 Å². The van der Waals surface area contributed by atoms with Gasteiger partial charge in [0.1, 0.15) is 18.1 Å². The van der Waals surface area contributed by atoms with Gasteiger partial charge in [0.25, 0.3) is 5.91 Å². The molecule has 0 aliphatic carbocycles. The van der Waals surface area contributed by atoms with E-state index in [2.05, 4.69) is 5.32 Å². The fourth-order valence-corrected chi connectivity index (χ4v) is 3.12. The van der Waals surface area contributed by atoms with E-state index in [9.17, 15) is 4.79 Å². The van der Waals surface area contributed by atoms with Gasteiger partial charge >= 0.3 is 0 Å². The average Bonchev–Trinajstić information content (AvgIpc) is 2.74. The quantitative estimate of drug-likeness (QED) is 0.542. The summed E-state index contributed by atoms with van der Waals surface area (Å²) in [6, 6.07) is 20.6. The smallest absolute Gasteiger partial charge is 0.251 e. The molecule has 1 amide bonds. The van der Waals surface area contributed by atoms with E-state index in [0.29, 0.717) is 22.1 Å². The number of amides is 1. The van der Waals surface area contributed by atoms with Crippen LogP contribution in [0.1, 0.15) is 40.0 Å². The Morgan fingerprint density at radius 3 is 2.52 bits per heavy atom. The second-order valence-corrected chi connectivity index (χ2v) is 7.24. The van der Waals surface area contributed by atoms with Crippen LogP contribution in [0.4, 0.5) is 0 Å². The third-order valence-corrected chi connectivity index (χ3v) is 5.14. The predicted molar refractivity (Wildman–Crippen MR) is 116 cm³/mol. The van der Waals surface area contributed by atoms with Crippen molar-refractivity contribution in [1.29, 1.82) is 0 Å². The van der Waals surface area contributed by atoms with Gasteiger partial charge < -0.3 is 14.8 Å². The molecule has 4 nitrogen and oxygen atoms in total. The van der Waals surface area contributed by atoms with Crippen molar-refractivity contribution in [3.8, 4) is 11.5 Å². The highest BCUT2D eigenvalue weighted by Crippen LogP contribution is 2.25. The maximum atomic E-state index is 12.7. The van der Waals surface area contributed by atoms with Crippen LogP contribution >= 0.6 is 11.6 Å². The molecule has 0 aliphatic heterocycles. The largest absolute Gasteiger partial charge is 0.496 e. The van der Waals surface area contributed by atoms with E-state index in [1.165, 1.54) is 0 Å². The Balaban J connectivity index is 1.73. The molecule has 0 fully saturated rings. The summed E-state index contributed by atoms with van der Waals surface area (Å²) < 4.78 is 11.3. The Kier molecular flexibility index (Phi) is 6.78. The predicted octanol–water partition coefficient (Wildman–Crippen LogP) is 5.73. The Bertz CT molecular complexity index is 989. The Labute approximate surface area is 176 Å². The van der Waals surface area contributed by atoms with Gasteiger partial charge in [-0.15, -0.1) is 0 Å². The number of carbonyl (C=O) groups is 1. The van der Waals surface area contributed by atoms with Crippen LogP contribution in [0.25, 0.3) is 0 Å². The van der Waals surface area contributed by atoms with Gasteiger partial charge in [-0.05, 0) is 61.4 Å². The number of rotatable bonds is 7. The minimum Gasteiger partial charge on any atom is -0.496 e. The molecular weight excluding hydrogens is 386 g/mol. The molecule has 3 rings (SSSR count). The standard InChI is InChI=1S/C24H24ClNO3/c1-16-13-21(10-11-22(16)25)29-15-20-14-19(9-12-23(20)28-3)24(27)26-17(2)18-7-5-4-6-8-18/h4-14,17H,15H2,1-3H3,(H,26,27). The maximum Gasteiger partial charge on any atom is 0.251 e. The van der Waals surface area contributed by atoms with Crippen molar-refractivity contribution in [3.63, 3.8) is 0 Å². The number of hydrogen-bond acceptors (Lipinski definition) is 3. The molecular formula is C24H24ClNO3. The maximum absolute atomic E-state index is 12.7. The van der Waals surface area contributed by atoms with Crippen LogP contribution in [0.5, 0.6) is 11.5 Å². The average molecular weight is 410 g/mol. The lowest BCUT2D eigenvalue weighted by atomic mass is 10.1. The van der Waals surface area contributed by atoms with Crippen LogP contribution in [-0.4, -0.2) is 13.0 Å². The molecule has 0 bridgehead atoms. The van der Waals surface area contributed by atoms with Gasteiger partial charge in [-0.2, -0.15) is 0 Å². The van der Waals surface area contributed by atoms with E-state index < -0.39 is 0 Å². The van der Waals surface area contributed by atoms with Crippen molar-refractivity contribution in [3.05, 3.63) is 94.0 Å². The van der Waals surface area contributed by atoms with E-state index in [4.69, 9.17) is 21.1 Å². The van der Waals surface area contributed by atoms with Gasteiger partial charge in [0.2, 0.25) is 0 Å². The van der Waals surface area contributed by atoms with Crippen LogP contribution < -0.4 is 14.8 Å². The zero-order valence-electron chi connectivity index (χ0n) is 16.7. The number of aryl methyl sites for hydroxylation is 1. The minimum absolute atomic E-state index is 0.0949. The number of carbonyl (C=O) groups excluding carboxylic acids is 1. The molecule has 1 unspecified atom stereocenters. The monoisotopic (exact) mass is 409 g/mol. The van der Waals surface area contributed by atoms with Gasteiger partial charge in [-0.3, -0.25) is 4.79 Å². The Morgan fingerprint density at radius 1 is 1.07 bits per heavy atom. The van der Waals surface area contributed by atoms with Gasteiger partial charge in [-0.25, -0.2) is 0 Å². The lowest BCUT2D eigenvalue weighted by molar-refractivity contribution is 0.0939. The number of halogens is 1. The molecule has 0 spiro atoms. The SMILES string of the molecule is COc1ccc(C(=O)NC(C)c2ccccc2)cc1COc1ccc(Cl)c(C)c1. The highest BCUT2D eigenvalue weighted by molar-refractivity contribution is 6.31. The molecule has 3 aromatic rings. The third-order valence-electron chi connectivity index (χ3n) is 4.71. The first-order chi connectivity index (χ1) is 14.0. The summed E-state index contributed by atoms with van der Waals surface area (Å²) in [5.41, 5.74) is 3.34. The lowest BCUT2D eigenvalue weighted by Crippen LogP contribution is -2.26. The van der Waals surface area contributed by atoms with Crippen molar-refractivity contribution in [1.82, 2.24) is 5.32 Å². The third kappa shape index (κ3) is 5.30. The molecule has 29 heavy (non-hydrogen) atoms. The molecule has 0 aliphatic rings. The van der Waals surface area contributed by atoms with Crippen molar-refractivity contribution < 1.29 is 14.3 Å². The molecule has 5 heteroatoms. The molecule has 0 aromatic heterocycles. The fraction of sp³-hybridized carbons (Fsp3) is 0.208. The summed E-state index contributed by atoms with van der Waals surface area (Å²) in [4.78, 5) is 12.7. The Hall–Kier alpha value is -2.98. The molecule has 150 valence electrons. The minimum atomic E-state index is -0.146. The Morgan fingerprint density at radius 2 is 1.83 bits per heavy atom. The number of ether oxygens (including phenoxy) is 2. The van der Waals surface area contributed by atoms with E-state index in [1.807, 2.05) is 56.3 Å². The molecule has 0 saturated heterocycles. The summed E-state index contributed by atoms with van der Waals surface area (Å²) in [7, 11) is 1.60. The van der Waals surface area contributed by atoms with Crippen molar-refractivity contribution in [2.24, 2.45) is 0 Å². The van der Waals surface area contributed by atoms with Crippen LogP contribution in [-0.2, 0) is 6.61 Å². The molecule has 3 aromatic carbocycles. The summed E-state index contributed by atoms with van der Waals surface area (Å²) >= 11 is 6.07. The first-order valence-corrected chi connectivity index (χ1v) is 9.77. The first kappa shape index (κ1) is 20.7. The van der Waals surface area contributed by atoms with Crippen molar-refractivity contribution >= 4 is 17.5 Å². The molecule has 1 atom stereocenters. The number of benzene rings is 3. The van der Waals surface area contributed by atoms with E-state index in [1.54, 1.807) is 31.4 Å². The van der Waals surface area contributed by atoms with Gasteiger partial charge in [0.05, 0.1) is 13.2 Å². The second-order valence-electron chi connectivity index (χ2n) is 6.83. The summed E-state index contributed by atoms with van der Waals surface area (Å²) in [5, 5.41) is 3.72. The highest BCUT2D eigenvalue weighted by Gasteiger charge is 2.14. The highest BCUT2D eigenvalue weighted by atomic mass is 35.5. The zero-order chi connectivity index (χ0) is 20.8. The van der Waals surface area contributed by atoms with Crippen molar-refractivity contribution in [2.45, 2.75) is 26.5 Å². The molecule has 0 radical (unpaired) electrons. The van der Waals surface area contributed by atoms with E-state index in [-0.39, 0.29) is 18.6 Å². The van der Waals surface area contributed by atoms with Gasteiger partial charge in [-0.1, -0.05) is 41.9 Å². The van der Waals surface area contributed by atoms with Gasteiger partial charge in [0, 0.05) is 16.1 Å². The first-order valence-electron chi connectivity index (χ1n) is 9.39. The second kappa shape index (κ2) is 9.48. The number of methoxy groups -OCH3 is 1. The molecule has 0 saturated carbocycles. The lowest BCUT2D eigenvalue weighted by Gasteiger charge is -2.16.